The molecular weight excluding hydrogens is 272 g/mol. The molecule has 0 unspecified atom stereocenters. The van der Waals surface area contributed by atoms with E-state index in [1.165, 1.54) is 10.4 Å². The molecule has 0 radical (unpaired) electrons. The molecule has 2 heterocycles. The van der Waals surface area contributed by atoms with Crippen molar-refractivity contribution in [3.63, 3.8) is 0 Å². The van der Waals surface area contributed by atoms with E-state index in [1.807, 2.05) is 4.90 Å². The van der Waals surface area contributed by atoms with Crippen LogP contribution in [0.25, 0.3) is 0 Å². The number of aliphatic hydroxyl groups is 1. The Kier molecular flexibility index (Phi) is 4.10. The Morgan fingerprint density at radius 1 is 1.45 bits per heavy atom. The van der Waals surface area contributed by atoms with Crippen molar-refractivity contribution in [3.8, 4) is 0 Å². The first-order valence-electron chi connectivity index (χ1n) is 7.41. The van der Waals surface area contributed by atoms with Crippen LogP contribution >= 0.6 is 11.3 Å². The van der Waals surface area contributed by atoms with Crippen LogP contribution in [0.3, 0.4) is 0 Å². The minimum atomic E-state index is -0.209. The van der Waals surface area contributed by atoms with Crippen molar-refractivity contribution >= 4 is 17.2 Å². The second kappa shape index (κ2) is 5.84. The van der Waals surface area contributed by atoms with Crippen molar-refractivity contribution in [2.75, 3.05) is 19.7 Å². The number of rotatable bonds is 4. The molecule has 1 amide bonds. The molecule has 1 aliphatic heterocycles. The van der Waals surface area contributed by atoms with Crippen molar-refractivity contribution < 1.29 is 9.90 Å². The third-order valence-electron chi connectivity index (χ3n) is 4.64. The molecule has 0 aromatic carbocycles. The zero-order valence-corrected chi connectivity index (χ0v) is 12.5. The molecular formula is C15H22N2O2S. The number of thiophene rings is 1. The molecule has 2 aliphatic rings. The molecule has 0 bridgehead atoms. The SMILES string of the molecule is O=C(CNC1(CO)CCCC1)N1CCc2sccc2C1. The number of carbonyl (C=O) groups is 1. The van der Waals surface area contributed by atoms with E-state index in [0.29, 0.717) is 6.54 Å². The third kappa shape index (κ3) is 2.75. The number of fused-ring (bicyclic) bond motifs is 1. The maximum absolute atomic E-state index is 12.3. The number of aliphatic hydroxyl groups excluding tert-OH is 1. The lowest BCUT2D eigenvalue weighted by atomic mass is 9.99. The van der Waals surface area contributed by atoms with E-state index in [2.05, 4.69) is 16.8 Å². The molecule has 2 N–H and O–H groups in total. The molecule has 0 spiro atoms. The minimum Gasteiger partial charge on any atom is -0.394 e. The van der Waals surface area contributed by atoms with Gasteiger partial charge in [-0.1, -0.05) is 12.8 Å². The van der Waals surface area contributed by atoms with E-state index >= 15 is 0 Å². The molecule has 110 valence electrons. The molecule has 0 atom stereocenters. The lowest BCUT2D eigenvalue weighted by molar-refractivity contribution is -0.131. The van der Waals surface area contributed by atoms with Crippen LogP contribution in [0.15, 0.2) is 11.4 Å². The summed E-state index contributed by atoms with van der Waals surface area (Å²) in [6.45, 7) is 2.04. The van der Waals surface area contributed by atoms with E-state index < -0.39 is 0 Å². The van der Waals surface area contributed by atoms with Gasteiger partial charge in [-0.3, -0.25) is 4.79 Å². The molecule has 20 heavy (non-hydrogen) atoms. The second-order valence-corrected chi connectivity index (χ2v) is 6.93. The van der Waals surface area contributed by atoms with Gasteiger partial charge in [0.2, 0.25) is 5.91 Å². The van der Waals surface area contributed by atoms with Crippen molar-refractivity contribution in [2.24, 2.45) is 0 Å². The Morgan fingerprint density at radius 2 is 2.25 bits per heavy atom. The number of nitrogens with zero attached hydrogens (tertiary/aromatic N) is 1. The average Bonchev–Trinajstić information content (AvgIpc) is 3.13. The summed E-state index contributed by atoms with van der Waals surface area (Å²) < 4.78 is 0. The number of amides is 1. The van der Waals surface area contributed by atoms with Crippen LogP contribution in [0.4, 0.5) is 0 Å². The quantitative estimate of drug-likeness (QED) is 0.885. The van der Waals surface area contributed by atoms with Crippen molar-refractivity contribution in [3.05, 3.63) is 21.9 Å². The van der Waals surface area contributed by atoms with Gasteiger partial charge in [-0.25, -0.2) is 0 Å². The van der Waals surface area contributed by atoms with Crippen molar-refractivity contribution in [1.29, 1.82) is 0 Å². The van der Waals surface area contributed by atoms with Crippen LogP contribution in [0.5, 0.6) is 0 Å². The number of hydrogen-bond donors (Lipinski definition) is 2. The summed E-state index contributed by atoms with van der Waals surface area (Å²) in [5.41, 5.74) is 1.09. The molecule has 5 heteroatoms. The van der Waals surface area contributed by atoms with Gasteiger partial charge in [-0.2, -0.15) is 0 Å². The lowest BCUT2D eigenvalue weighted by Crippen LogP contribution is -2.51. The van der Waals surface area contributed by atoms with Crippen LogP contribution < -0.4 is 5.32 Å². The number of nitrogens with one attached hydrogen (secondary N) is 1. The molecule has 1 aliphatic carbocycles. The van der Waals surface area contributed by atoms with Gasteiger partial charge in [0.05, 0.1) is 13.2 Å². The predicted molar refractivity (Wildman–Crippen MR) is 79.7 cm³/mol. The summed E-state index contributed by atoms with van der Waals surface area (Å²) in [4.78, 5) is 15.7. The number of carbonyl (C=O) groups excluding carboxylic acids is 1. The molecule has 4 nitrogen and oxygen atoms in total. The average molecular weight is 294 g/mol. The van der Waals surface area contributed by atoms with Crippen molar-refractivity contribution in [2.45, 2.75) is 44.2 Å². The monoisotopic (exact) mass is 294 g/mol. The Morgan fingerprint density at radius 3 is 3.00 bits per heavy atom. The fraction of sp³-hybridized carbons (Fsp3) is 0.667. The smallest absolute Gasteiger partial charge is 0.236 e. The van der Waals surface area contributed by atoms with E-state index in [-0.39, 0.29) is 18.1 Å². The van der Waals surface area contributed by atoms with E-state index in [1.54, 1.807) is 11.3 Å². The fourth-order valence-corrected chi connectivity index (χ4v) is 4.17. The van der Waals surface area contributed by atoms with Gasteiger partial charge in [-0.05, 0) is 36.3 Å². The first kappa shape index (κ1) is 14.0. The van der Waals surface area contributed by atoms with Crippen LogP contribution in [0.1, 0.15) is 36.1 Å². The maximum Gasteiger partial charge on any atom is 0.236 e. The highest BCUT2D eigenvalue weighted by Gasteiger charge is 2.33. The van der Waals surface area contributed by atoms with Crippen LogP contribution in [-0.2, 0) is 17.8 Å². The van der Waals surface area contributed by atoms with E-state index in [4.69, 9.17) is 0 Å². The maximum atomic E-state index is 12.3. The first-order chi connectivity index (χ1) is 9.72. The van der Waals surface area contributed by atoms with Gasteiger partial charge in [0.15, 0.2) is 0 Å². The Balaban J connectivity index is 1.55. The molecule has 1 saturated carbocycles. The summed E-state index contributed by atoms with van der Waals surface area (Å²) in [5.74, 6) is 0.154. The lowest BCUT2D eigenvalue weighted by Gasteiger charge is -2.31. The Bertz CT molecular complexity index is 480. The largest absolute Gasteiger partial charge is 0.394 e. The summed E-state index contributed by atoms with van der Waals surface area (Å²) in [5, 5.41) is 15.0. The van der Waals surface area contributed by atoms with Gasteiger partial charge < -0.3 is 15.3 Å². The fourth-order valence-electron chi connectivity index (χ4n) is 3.28. The summed E-state index contributed by atoms with van der Waals surface area (Å²) >= 11 is 1.79. The Hall–Kier alpha value is -0.910. The summed E-state index contributed by atoms with van der Waals surface area (Å²) in [6, 6.07) is 2.12. The van der Waals surface area contributed by atoms with Gasteiger partial charge in [0.25, 0.3) is 0 Å². The van der Waals surface area contributed by atoms with Crippen molar-refractivity contribution in [1.82, 2.24) is 10.2 Å². The standard InChI is InChI=1S/C15H22N2O2S/c18-11-15(5-1-2-6-15)16-9-14(19)17-7-3-13-12(10-17)4-8-20-13/h4,8,16,18H,1-3,5-7,9-11H2. The van der Waals surface area contributed by atoms with E-state index in [9.17, 15) is 9.90 Å². The van der Waals surface area contributed by atoms with Gasteiger partial charge in [-0.15, -0.1) is 11.3 Å². The highest BCUT2D eigenvalue weighted by Crippen LogP contribution is 2.29. The topological polar surface area (TPSA) is 52.6 Å². The zero-order valence-electron chi connectivity index (χ0n) is 11.7. The molecule has 3 rings (SSSR count). The highest BCUT2D eigenvalue weighted by atomic mass is 32.1. The molecule has 1 fully saturated rings. The minimum absolute atomic E-state index is 0.134. The zero-order chi connectivity index (χ0) is 14.0. The van der Waals surface area contributed by atoms with Gasteiger partial charge in [0.1, 0.15) is 0 Å². The van der Waals surface area contributed by atoms with Crippen LogP contribution in [0.2, 0.25) is 0 Å². The summed E-state index contributed by atoms with van der Waals surface area (Å²) in [6.07, 6.45) is 5.22. The highest BCUT2D eigenvalue weighted by molar-refractivity contribution is 7.10. The Labute approximate surface area is 123 Å². The van der Waals surface area contributed by atoms with Gasteiger partial charge >= 0.3 is 0 Å². The van der Waals surface area contributed by atoms with Gasteiger partial charge in [0, 0.05) is 23.5 Å². The molecule has 1 aromatic heterocycles. The van der Waals surface area contributed by atoms with Crippen LogP contribution in [0, 0.1) is 0 Å². The molecule has 1 aromatic rings. The second-order valence-electron chi connectivity index (χ2n) is 5.93. The number of hydrogen-bond acceptors (Lipinski definition) is 4. The van der Waals surface area contributed by atoms with Crippen LogP contribution in [-0.4, -0.2) is 41.1 Å². The summed E-state index contributed by atoms with van der Waals surface area (Å²) in [7, 11) is 0. The first-order valence-corrected chi connectivity index (χ1v) is 8.29. The normalized spacial score (nSPS) is 20.9. The van der Waals surface area contributed by atoms with E-state index in [0.717, 1.165) is 45.2 Å². The third-order valence-corrected chi connectivity index (χ3v) is 5.66. The molecule has 0 saturated heterocycles. The predicted octanol–water partition coefficient (Wildman–Crippen LogP) is 1.53.